The zero-order valence-electron chi connectivity index (χ0n) is 16.7. The van der Waals surface area contributed by atoms with Gasteiger partial charge < -0.3 is 10.2 Å². The Kier molecular flexibility index (Phi) is 4.20. The average Bonchev–Trinajstić information content (AvgIpc) is 3.07. The summed E-state index contributed by atoms with van der Waals surface area (Å²) in [4.78, 5) is 11.6. The number of pyridine rings is 2. The van der Waals surface area contributed by atoms with Crippen LogP contribution in [0.3, 0.4) is 0 Å². The maximum absolute atomic E-state index is 14.5. The molecule has 1 aliphatic rings. The second kappa shape index (κ2) is 6.77. The number of nitrogens with zero attached hydrogens (tertiary/aromatic N) is 5. The number of aromatic nitrogens is 4. The summed E-state index contributed by atoms with van der Waals surface area (Å²) >= 11 is 0. The fraction of sp³-hybridized carbons (Fsp3) is 0.318. The Morgan fingerprint density at radius 2 is 1.86 bits per heavy atom. The number of hydrogen-bond donors (Lipinski definition) is 1. The smallest absolute Gasteiger partial charge is 0.159 e. The quantitative estimate of drug-likeness (QED) is 0.568. The van der Waals surface area contributed by atoms with Gasteiger partial charge in [0.2, 0.25) is 0 Å². The van der Waals surface area contributed by atoms with Gasteiger partial charge >= 0.3 is 0 Å². The Balaban J connectivity index is 1.51. The number of fused-ring (bicyclic) bond motifs is 2. The minimum Gasteiger partial charge on any atom is -0.367 e. The van der Waals surface area contributed by atoms with Gasteiger partial charge in [-0.3, -0.25) is 4.68 Å². The molecule has 7 heteroatoms. The normalized spacial score (nSPS) is 19.9. The lowest BCUT2D eigenvalue weighted by molar-refractivity contribution is 0.407. The first-order valence-electron chi connectivity index (χ1n) is 9.87. The molecule has 2 unspecified atom stereocenters. The predicted octanol–water partition coefficient (Wildman–Crippen LogP) is 3.51. The second-order valence-corrected chi connectivity index (χ2v) is 8.01. The van der Waals surface area contributed by atoms with E-state index < -0.39 is 0 Å². The van der Waals surface area contributed by atoms with Crippen LogP contribution in [-0.4, -0.2) is 44.9 Å². The van der Waals surface area contributed by atoms with E-state index in [1.165, 1.54) is 6.07 Å². The van der Waals surface area contributed by atoms with Crippen LogP contribution in [0.25, 0.3) is 33.2 Å². The van der Waals surface area contributed by atoms with Gasteiger partial charge in [0.15, 0.2) is 11.5 Å². The van der Waals surface area contributed by atoms with Gasteiger partial charge in [-0.2, -0.15) is 5.10 Å². The highest BCUT2D eigenvalue weighted by Crippen LogP contribution is 2.28. The summed E-state index contributed by atoms with van der Waals surface area (Å²) in [6.07, 6.45) is 3.69. The number of piperazine rings is 1. The van der Waals surface area contributed by atoms with E-state index in [-0.39, 0.29) is 5.82 Å². The molecule has 0 amide bonds. The summed E-state index contributed by atoms with van der Waals surface area (Å²) in [5, 5.41) is 9.45. The first-order chi connectivity index (χ1) is 14.0. The topological polar surface area (TPSA) is 58.9 Å². The third kappa shape index (κ3) is 3.31. The molecular formula is C22H23FN6. The van der Waals surface area contributed by atoms with E-state index in [2.05, 4.69) is 45.2 Å². The van der Waals surface area contributed by atoms with Gasteiger partial charge in [-0.15, -0.1) is 0 Å². The standard InChI is InChI=1S/C22H23FN6/c1-13-10-29(11-14(2)25-13)18-7-15-4-5-20(26-22(15)24-9-18)16-6-17-12-28(3)27-21(17)19(23)8-16/h4-9,12-14,25H,10-11H2,1-3H3. The van der Waals surface area contributed by atoms with Gasteiger partial charge in [-0.05, 0) is 44.2 Å². The van der Waals surface area contributed by atoms with Crippen LogP contribution < -0.4 is 10.2 Å². The molecule has 0 saturated carbocycles. The number of benzene rings is 1. The minimum atomic E-state index is -0.342. The lowest BCUT2D eigenvalue weighted by Crippen LogP contribution is -2.54. The van der Waals surface area contributed by atoms with Crippen LogP contribution in [-0.2, 0) is 7.05 Å². The Bertz CT molecular complexity index is 1210. The molecule has 0 spiro atoms. The number of halogens is 1. The highest BCUT2D eigenvalue weighted by atomic mass is 19.1. The average molecular weight is 390 g/mol. The maximum atomic E-state index is 14.5. The van der Waals surface area contributed by atoms with Crippen molar-refractivity contribution in [2.45, 2.75) is 25.9 Å². The molecule has 1 fully saturated rings. The van der Waals surface area contributed by atoms with Gasteiger partial charge in [0.25, 0.3) is 0 Å². The van der Waals surface area contributed by atoms with Crippen molar-refractivity contribution in [3.63, 3.8) is 0 Å². The lowest BCUT2D eigenvalue weighted by Gasteiger charge is -2.37. The number of hydrogen-bond acceptors (Lipinski definition) is 5. The molecule has 6 nitrogen and oxygen atoms in total. The molecule has 0 bridgehead atoms. The molecule has 3 aromatic heterocycles. The number of nitrogens with one attached hydrogen (secondary N) is 1. The number of anilines is 1. The fourth-order valence-electron chi connectivity index (χ4n) is 4.23. The lowest BCUT2D eigenvalue weighted by atomic mass is 10.1. The Morgan fingerprint density at radius 3 is 2.66 bits per heavy atom. The van der Waals surface area contributed by atoms with Crippen molar-refractivity contribution in [3.8, 4) is 11.3 Å². The van der Waals surface area contributed by atoms with Crippen LogP contribution in [0.5, 0.6) is 0 Å². The first kappa shape index (κ1) is 18.0. The molecule has 4 heterocycles. The van der Waals surface area contributed by atoms with Crippen LogP contribution in [0, 0.1) is 5.82 Å². The zero-order valence-corrected chi connectivity index (χ0v) is 16.7. The number of aryl methyl sites for hydroxylation is 1. The summed E-state index contributed by atoms with van der Waals surface area (Å²) in [6, 6.07) is 10.3. The summed E-state index contributed by atoms with van der Waals surface area (Å²) in [7, 11) is 1.79. The van der Waals surface area contributed by atoms with Gasteiger partial charge in [-0.1, -0.05) is 0 Å². The van der Waals surface area contributed by atoms with E-state index in [9.17, 15) is 4.39 Å². The molecule has 148 valence electrons. The van der Waals surface area contributed by atoms with Crippen molar-refractivity contribution >= 4 is 27.6 Å². The largest absolute Gasteiger partial charge is 0.367 e. The molecule has 2 atom stereocenters. The fourth-order valence-corrected chi connectivity index (χ4v) is 4.23. The van der Waals surface area contributed by atoms with E-state index in [4.69, 9.17) is 0 Å². The molecule has 1 N–H and O–H groups in total. The summed E-state index contributed by atoms with van der Waals surface area (Å²) in [5.41, 5.74) is 3.57. The summed E-state index contributed by atoms with van der Waals surface area (Å²) in [6.45, 7) is 6.30. The molecule has 4 aromatic rings. The maximum Gasteiger partial charge on any atom is 0.159 e. The van der Waals surface area contributed by atoms with Crippen molar-refractivity contribution in [2.75, 3.05) is 18.0 Å². The first-order valence-corrected chi connectivity index (χ1v) is 9.87. The van der Waals surface area contributed by atoms with E-state index in [1.54, 1.807) is 11.7 Å². The van der Waals surface area contributed by atoms with E-state index >= 15 is 0 Å². The molecule has 5 rings (SSSR count). The molecular weight excluding hydrogens is 367 g/mol. The van der Waals surface area contributed by atoms with Crippen molar-refractivity contribution < 1.29 is 4.39 Å². The Morgan fingerprint density at radius 1 is 1.07 bits per heavy atom. The van der Waals surface area contributed by atoms with Gasteiger partial charge in [-0.25, -0.2) is 14.4 Å². The second-order valence-electron chi connectivity index (χ2n) is 8.01. The minimum absolute atomic E-state index is 0.342. The van der Waals surface area contributed by atoms with E-state index in [1.807, 2.05) is 30.6 Å². The molecule has 1 aromatic carbocycles. The van der Waals surface area contributed by atoms with Gasteiger partial charge in [0.05, 0.1) is 17.6 Å². The van der Waals surface area contributed by atoms with Crippen LogP contribution in [0.4, 0.5) is 10.1 Å². The van der Waals surface area contributed by atoms with Crippen molar-refractivity contribution in [1.29, 1.82) is 0 Å². The van der Waals surface area contributed by atoms with Crippen LogP contribution in [0.15, 0.2) is 42.7 Å². The van der Waals surface area contributed by atoms with Crippen molar-refractivity contribution in [3.05, 3.63) is 48.5 Å². The Hall–Kier alpha value is -3.06. The van der Waals surface area contributed by atoms with Crippen molar-refractivity contribution in [1.82, 2.24) is 25.1 Å². The van der Waals surface area contributed by atoms with Crippen molar-refractivity contribution in [2.24, 2.45) is 7.05 Å². The third-order valence-electron chi connectivity index (χ3n) is 5.42. The molecule has 1 aliphatic heterocycles. The van der Waals surface area contributed by atoms with E-state index in [0.29, 0.717) is 28.9 Å². The van der Waals surface area contributed by atoms with Gasteiger partial charge in [0.1, 0.15) is 5.52 Å². The number of rotatable bonds is 2. The zero-order chi connectivity index (χ0) is 20.1. The SMILES string of the molecule is CC1CN(c2cnc3nc(-c4cc(F)c5nn(C)cc5c4)ccc3c2)CC(C)N1. The highest BCUT2D eigenvalue weighted by molar-refractivity contribution is 5.86. The summed E-state index contributed by atoms with van der Waals surface area (Å²) < 4.78 is 16.1. The van der Waals surface area contributed by atoms with Crippen LogP contribution >= 0.6 is 0 Å². The van der Waals surface area contributed by atoms with Crippen LogP contribution in [0.2, 0.25) is 0 Å². The highest BCUT2D eigenvalue weighted by Gasteiger charge is 2.21. The summed E-state index contributed by atoms with van der Waals surface area (Å²) in [5.74, 6) is -0.342. The Labute approximate surface area is 168 Å². The van der Waals surface area contributed by atoms with Gasteiger partial charge in [0, 0.05) is 54.8 Å². The molecule has 0 radical (unpaired) electrons. The van der Waals surface area contributed by atoms with E-state index in [0.717, 1.165) is 35.1 Å². The third-order valence-corrected chi connectivity index (χ3v) is 5.42. The molecule has 0 aliphatic carbocycles. The molecule has 29 heavy (non-hydrogen) atoms. The monoisotopic (exact) mass is 390 g/mol. The van der Waals surface area contributed by atoms with Crippen LogP contribution in [0.1, 0.15) is 13.8 Å². The predicted molar refractivity (Wildman–Crippen MR) is 113 cm³/mol. The molecule has 1 saturated heterocycles.